The third kappa shape index (κ3) is 3.53. The standard InChI is InChI=1S/C12H15BrFNO3S/c1-12(5-2-6-18-8-12)15-19(16,17)11-4-3-9(13)7-10(11)14/h3-4,7,15H,2,5-6,8H2,1H3. The number of hydrogen-bond donors (Lipinski definition) is 1. The van der Waals surface area contributed by atoms with Crippen molar-refractivity contribution in [2.45, 2.75) is 30.2 Å². The molecule has 7 heteroatoms. The van der Waals surface area contributed by atoms with E-state index >= 15 is 0 Å². The molecule has 2 rings (SSSR count). The first-order chi connectivity index (χ1) is 8.82. The van der Waals surface area contributed by atoms with Crippen molar-refractivity contribution in [1.82, 2.24) is 4.72 Å². The SMILES string of the molecule is CC1(NS(=O)(=O)c2ccc(Br)cc2F)CCCOC1. The van der Waals surface area contributed by atoms with Crippen LogP contribution < -0.4 is 4.72 Å². The molecule has 1 N–H and O–H groups in total. The Kier molecular flexibility index (Phi) is 4.29. The van der Waals surface area contributed by atoms with Crippen LogP contribution in [-0.4, -0.2) is 27.2 Å². The molecule has 1 heterocycles. The topological polar surface area (TPSA) is 55.4 Å². The molecule has 0 aromatic heterocycles. The minimum Gasteiger partial charge on any atom is -0.380 e. The highest BCUT2D eigenvalue weighted by Gasteiger charge is 2.33. The lowest BCUT2D eigenvalue weighted by Crippen LogP contribution is -2.51. The van der Waals surface area contributed by atoms with E-state index in [0.717, 1.165) is 12.5 Å². The van der Waals surface area contributed by atoms with Gasteiger partial charge in [-0.25, -0.2) is 17.5 Å². The number of rotatable bonds is 3. The van der Waals surface area contributed by atoms with Gasteiger partial charge in [0.15, 0.2) is 0 Å². The van der Waals surface area contributed by atoms with Crippen molar-refractivity contribution in [1.29, 1.82) is 0 Å². The fourth-order valence-corrected chi connectivity index (χ4v) is 3.90. The maximum Gasteiger partial charge on any atom is 0.244 e. The second-order valence-corrected chi connectivity index (χ2v) is 7.46. The maximum absolute atomic E-state index is 13.7. The van der Waals surface area contributed by atoms with Crippen LogP contribution in [0.5, 0.6) is 0 Å². The summed E-state index contributed by atoms with van der Waals surface area (Å²) in [5.41, 5.74) is -0.684. The van der Waals surface area contributed by atoms with E-state index in [1.807, 2.05) is 0 Å². The van der Waals surface area contributed by atoms with Crippen molar-refractivity contribution in [2.75, 3.05) is 13.2 Å². The summed E-state index contributed by atoms with van der Waals surface area (Å²) in [6, 6.07) is 3.88. The summed E-state index contributed by atoms with van der Waals surface area (Å²) in [6.07, 6.45) is 1.45. The van der Waals surface area contributed by atoms with E-state index in [-0.39, 0.29) is 4.90 Å². The van der Waals surface area contributed by atoms with Gasteiger partial charge in [0, 0.05) is 11.1 Å². The van der Waals surface area contributed by atoms with E-state index in [4.69, 9.17) is 4.74 Å². The minimum atomic E-state index is -3.89. The van der Waals surface area contributed by atoms with Crippen LogP contribution >= 0.6 is 15.9 Å². The summed E-state index contributed by atoms with van der Waals surface area (Å²) in [5, 5.41) is 0. The van der Waals surface area contributed by atoms with Gasteiger partial charge in [-0.1, -0.05) is 15.9 Å². The normalized spacial score (nSPS) is 24.4. The predicted molar refractivity (Wildman–Crippen MR) is 72.9 cm³/mol. The molecule has 0 radical (unpaired) electrons. The van der Waals surface area contributed by atoms with E-state index in [1.54, 1.807) is 6.92 Å². The van der Waals surface area contributed by atoms with Crippen LogP contribution in [0.1, 0.15) is 19.8 Å². The van der Waals surface area contributed by atoms with Crippen LogP contribution in [0.2, 0.25) is 0 Å². The Morgan fingerprint density at radius 2 is 2.21 bits per heavy atom. The van der Waals surface area contributed by atoms with Gasteiger partial charge in [-0.2, -0.15) is 0 Å². The van der Waals surface area contributed by atoms with Gasteiger partial charge in [-0.15, -0.1) is 0 Å². The second-order valence-electron chi connectivity index (χ2n) is 4.90. The molecule has 0 saturated carbocycles. The third-order valence-corrected chi connectivity index (χ3v) is 5.17. The van der Waals surface area contributed by atoms with Gasteiger partial charge in [0.1, 0.15) is 10.7 Å². The van der Waals surface area contributed by atoms with Crippen LogP contribution in [0.3, 0.4) is 0 Å². The summed E-state index contributed by atoms with van der Waals surface area (Å²) < 4.78 is 46.5. The number of sulfonamides is 1. The molecule has 1 fully saturated rings. The molecule has 1 aliphatic heterocycles. The van der Waals surface area contributed by atoms with Gasteiger partial charge >= 0.3 is 0 Å². The molecule has 1 unspecified atom stereocenters. The molecule has 106 valence electrons. The van der Waals surface area contributed by atoms with Crippen LogP contribution in [0, 0.1) is 5.82 Å². The van der Waals surface area contributed by atoms with E-state index in [1.165, 1.54) is 12.1 Å². The summed E-state index contributed by atoms with van der Waals surface area (Å²) in [6.45, 7) is 2.69. The van der Waals surface area contributed by atoms with Crippen molar-refractivity contribution in [3.8, 4) is 0 Å². The molecule has 1 aromatic rings. The zero-order chi connectivity index (χ0) is 14.1. The molecule has 0 bridgehead atoms. The van der Waals surface area contributed by atoms with Crippen molar-refractivity contribution < 1.29 is 17.5 Å². The number of nitrogens with one attached hydrogen (secondary N) is 1. The summed E-state index contributed by atoms with van der Waals surface area (Å²) in [4.78, 5) is -0.345. The quantitative estimate of drug-likeness (QED) is 0.909. The fraction of sp³-hybridized carbons (Fsp3) is 0.500. The Morgan fingerprint density at radius 1 is 1.47 bits per heavy atom. The monoisotopic (exact) mass is 351 g/mol. The highest BCUT2D eigenvalue weighted by atomic mass is 79.9. The third-order valence-electron chi connectivity index (χ3n) is 3.00. The van der Waals surface area contributed by atoms with Crippen molar-refractivity contribution in [3.05, 3.63) is 28.5 Å². The first-order valence-corrected chi connectivity index (χ1v) is 8.17. The lowest BCUT2D eigenvalue weighted by atomic mass is 9.97. The Balaban J connectivity index is 2.27. The first-order valence-electron chi connectivity index (χ1n) is 5.89. The number of ether oxygens (including phenoxy) is 1. The van der Waals surface area contributed by atoms with Crippen molar-refractivity contribution in [2.24, 2.45) is 0 Å². The summed E-state index contributed by atoms with van der Waals surface area (Å²) >= 11 is 3.10. The number of benzene rings is 1. The van der Waals surface area contributed by atoms with Gasteiger partial charge in [0.25, 0.3) is 0 Å². The lowest BCUT2D eigenvalue weighted by molar-refractivity contribution is 0.0386. The smallest absolute Gasteiger partial charge is 0.244 e. The predicted octanol–water partition coefficient (Wildman–Crippen LogP) is 2.44. The molecule has 1 atom stereocenters. The highest BCUT2D eigenvalue weighted by Crippen LogP contribution is 2.24. The Hall–Kier alpha value is -0.500. The van der Waals surface area contributed by atoms with Crippen molar-refractivity contribution in [3.63, 3.8) is 0 Å². The van der Waals surface area contributed by atoms with Crippen LogP contribution in [0.4, 0.5) is 4.39 Å². The average molecular weight is 352 g/mol. The zero-order valence-electron chi connectivity index (χ0n) is 10.4. The Morgan fingerprint density at radius 3 is 2.79 bits per heavy atom. The summed E-state index contributed by atoms with van der Waals surface area (Å²) in [7, 11) is -3.89. The van der Waals surface area contributed by atoms with Gasteiger partial charge < -0.3 is 4.74 Å². The van der Waals surface area contributed by atoms with Crippen LogP contribution in [-0.2, 0) is 14.8 Å². The fourth-order valence-electron chi connectivity index (χ4n) is 2.09. The number of hydrogen-bond acceptors (Lipinski definition) is 3. The molecule has 4 nitrogen and oxygen atoms in total. The highest BCUT2D eigenvalue weighted by molar-refractivity contribution is 9.10. The zero-order valence-corrected chi connectivity index (χ0v) is 12.9. The van der Waals surface area contributed by atoms with E-state index in [2.05, 4.69) is 20.7 Å². The van der Waals surface area contributed by atoms with Crippen LogP contribution in [0.15, 0.2) is 27.6 Å². The largest absolute Gasteiger partial charge is 0.380 e. The molecule has 1 aromatic carbocycles. The Labute approximate surface area is 120 Å². The van der Waals surface area contributed by atoms with Gasteiger partial charge in [-0.05, 0) is 38.0 Å². The van der Waals surface area contributed by atoms with E-state index in [9.17, 15) is 12.8 Å². The van der Waals surface area contributed by atoms with Gasteiger partial charge in [-0.3, -0.25) is 0 Å². The molecular weight excluding hydrogens is 337 g/mol. The summed E-state index contributed by atoms with van der Waals surface area (Å²) in [5.74, 6) is -0.776. The van der Waals surface area contributed by atoms with Gasteiger partial charge in [0.05, 0.1) is 12.1 Å². The Bertz CT molecular complexity index is 570. The number of halogens is 2. The van der Waals surface area contributed by atoms with E-state index in [0.29, 0.717) is 24.1 Å². The average Bonchev–Trinajstić information content (AvgIpc) is 2.27. The molecule has 0 spiro atoms. The first kappa shape index (κ1) is 14.9. The molecule has 0 aliphatic carbocycles. The maximum atomic E-state index is 13.7. The van der Waals surface area contributed by atoms with Crippen molar-refractivity contribution >= 4 is 26.0 Å². The van der Waals surface area contributed by atoms with Gasteiger partial charge in [0.2, 0.25) is 10.0 Å². The van der Waals surface area contributed by atoms with Crippen LogP contribution in [0.25, 0.3) is 0 Å². The molecule has 19 heavy (non-hydrogen) atoms. The molecule has 1 saturated heterocycles. The molecule has 1 aliphatic rings. The second kappa shape index (κ2) is 5.47. The lowest BCUT2D eigenvalue weighted by Gasteiger charge is -2.33. The molecule has 0 amide bonds. The minimum absolute atomic E-state index is 0.296. The molecular formula is C12H15BrFNO3S. The van der Waals surface area contributed by atoms with E-state index < -0.39 is 21.4 Å².